The molecule has 0 spiro atoms. The number of halogens is 4. The molecule has 1 heterocycles. The van der Waals surface area contributed by atoms with Gasteiger partial charge in [0.2, 0.25) is 5.13 Å². The van der Waals surface area contributed by atoms with Gasteiger partial charge in [-0.05, 0) is 40.5 Å². The topological polar surface area (TPSA) is 72.8 Å². The van der Waals surface area contributed by atoms with Gasteiger partial charge in [0, 0.05) is 5.38 Å². The van der Waals surface area contributed by atoms with Crippen LogP contribution in [0.1, 0.15) is 23.7 Å². The van der Waals surface area contributed by atoms with Gasteiger partial charge in [-0.3, -0.25) is 10.2 Å². The monoisotopic (exact) mass is 465 g/mol. The molecule has 0 aliphatic rings. The SMILES string of the molecule is CCOC(=O)Cc1csc(NN=Cc2cc(Br)c(OC)c(C(F)(F)F)c2)n1. The largest absolute Gasteiger partial charge is 0.495 e. The Morgan fingerprint density at radius 3 is 2.81 bits per heavy atom. The Morgan fingerprint density at radius 1 is 1.44 bits per heavy atom. The fourth-order valence-electron chi connectivity index (χ4n) is 2.07. The van der Waals surface area contributed by atoms with Crippen molar-refractivity contribution in [2.24, 2.45) is 5.10 Å². The number of carbonyl (C=O) groups excluding carboxylic acids is 1. The normalized spacial score (nSPS) is 11.6. The van der Waals surface area contributed by atoms with Crippen molar-refractivity contribution in [2.45, 2.75) is 19.5 Å². The Bertz CT molecular complexity index is 840. The molecule has 27 heavy (non-hydrogen) atoms. The number of hydrogen-bond acceptors (Lipinski definition) is 7. The number of benzene rings is 1. The number of nitrogens with zero attached hydrogens (tertiary/aromatic N) is 2. The van der Waals surface area contributed by atoms with Gasteiger partial charge in [0.25, 0.3) is 0 Å². The Hall–Kier alpha value is -2.14. The van der Waals surface area contributed by atoms with E-state index in [9.17, 15) is 18.0 Å². The molecule has 1 aromatic heterocycles. The molecule has 0 bridgehead atoms. The average Bonchev–Trinajstić information content (AvgIpc) is 3.01. The van der Waals surface area contributed by atoms with E-state index >= 15 is 0 Å². The van der Waals surface area contributed by atoms with E-state index in [1.807, 2.05) is 0 Å². The van der Waals surface area contributed by atoms with Crippen molar-refractivity contribution in [1.29, 1.82) is 0 Å². The minimum absolute atomic E-state index is 0.0378. The molecular formula is C16H15BrF3N3O3S. The fraction of sp³-hybridized carbons (Fsp3) is 0.312. The minimum Gasteiger partial charge on any atom is -0.495 e. The molecule has 0 saturated heterocycles. The number of hydrogen-bond donors (Lipinski definition) is 1. The number of nitrogens with one attached hydrogen (secondary N) is 1. The number of ether oxygens (including phenoxy) is 2. The first-order valence-electron chi connectivity index (χ1n) is 7.58. The van der Waals surface area contributed by atoms with Crippen LogP contribution in [0.4, 0.5) is 18.3 Å². The Kier molecular flexibility index (Phi) is 7.19. The number of esters is 1. The van der Waals surface area contributed by atoms with Crippen molar-refractivity contribution in [3.8, 4) is 5.75 Å². The van der Waals surface area contributed by atoms with Crippen LogP contribution in [0.3, 0.4) is 0 Å². The lowest BCUT2D eigenvalue weighted by Crippen LogP contribution is -2.09. The molecule has 2 aromatic rings. The highest BCUT2D eigenvalue weighted by molar-refractivity contribution is 9.10. The Balaban J connectivity index is 2.09. The smallest absolute Gasteiger partial charge is 0.420 e. The molecule has 2 rings (SSSR count). The third-order valence-corrected chi connectivity index (χ3v) is 4.52. The van der Waals surface area contributed by atoms with Crippen molar-refractivity contribution in [2.75, 3.05) is 19.1 Å². The number of hydrazone groups is 1. The number of aromatic nitrogens is 1. The number of alkyl halides is 3. The van der Waals surface area contributed by atoms with Gasteiger partial charge in [-0.1, -0.05) is 0 Å². The number of anilines is 1. The molecule has 1 aromatic carbocycles. The first-order valence-corrected chi connectivity index (χ1v) is 9.25. The standard InChI is InChI=1S/C16H15BrF3N3O3S/c1-3-26-13(24)6-10-8-27-15(22-10)23-21-7-9-4-11(16(18,19)20)14(25-2)12(17)5-9/h4-5,7-8H,3,6H2,1-2H3,(H,22,23). The molecule has 0 radical (unpaired) electrons. The summed E-state index contributed by atoms with van der Waals surface area (Å²) in [4.78, 5) is 15.6. The summed E-state index contributed by atoms with van der Waals surface area (Å²) in [6.45, 7) is 2.00. The maximum absolute atomic E-state index is 13.1. The van der Waals surface area contributed by atoms with Crippen LogP contribution >= 0.6 is 27.3 Å². The summed E-state index contributed by atoms with van der Waals surface area (Å²) in [5.74, 6) is -0.684. The number of rotatable bonds is 7. The lowest BCUT2D eigenvalue weighted by molar-refractivity contribution is -0.142. The molecule has 6 nitrogen and oxygen atoms in total. The van der Waals surface area contributed by atoms with Crippen molar-refractivity contribution < 1.29 is 27.4 Å². The highest BCUT2D eigenvalue weighted by atomic mass is 79.9. The van der Waals surface area contributed by atoms with Crippen LogP contribution < -0.4 is 10.2 Å². The first kappa shape index (κ1) is 21.2. The molecule has 0 saturated carbocycles. The summed E-state index contributed by atoms with van der Waals surface area (Å²) in [6.07, 6.45) is -3.30. The highest BCUT2D eigenvalue weighted by Gasteiger charge is 2.35. The van der Waals surface area contributed by atoms with Crippen molar-refractivity contribution in [3.63, 3.8) is 0 Å². The van der Waals surface area contributed by atoms with Crippen molar-refractivity contribution >= 4 is 44.6 Å². The van der Waals surface area contributed by atoms with Crippen LogP contribution in [0.15, 0.2) is 27.1 Å². The molecular weight excluding hydrogens is 451 g/mol. The van der Waals surface area contributed by atoms with Crippen LogP contribution in [0, 0.1) is 0 Å². The zero-order valence-corrected chi connectivity index (χ0v) is 16.7. The van der Waals surface area contributed by atoms with Gasteiger partial charge in [0.15, 0.2) is 0 Å². The number of thiazole rings is 1. The van der Waals surface area contributed by atoms with Crippen LogP contribution in [-0.2, 0) is 22.1 Å². The zero-order chi connectivity index (χ0) is 20.0. The predicted molar refractivity (Wildman–Crippen MR) is 99.4 cm³/mol. The van der Waals surface area contributed by atoms with E-state index in [-0.39, 0.29) is 34.8 Å². The zero-order valence-electron chi connectivity index (χ0n) is 14.3. The fourth-order valence-corrected chi connectivity index (χ4v) is 3.37. The second-order valence-corrected chi connectivity index (χ2v) is 6.79. The first-order chi connectivity index (χ1) is 12.7. The molecule has 0 fully saturated rings. The third-order valence-electron chi connectivity index (χ3n) is 3.13. The molecule has 0 aliphatic heterocycles. The van der Waals surface area contributed by atoms with Crippen LogP contribution in [0.5, 0.6) is 5.75 Å². The van der Waals surface area contributed by atoms with Gasteiger partial charge >= 0.3 is 12.1 Å². The molecule has 0 unspecified atom stereocenters. The van der Waals surface area contributed by atoms with Crippen molar-refractivity contribution in [3.05, 3.63) is 38.8 Å². The summed E-state index contributed by atoms with van der Waals surface area (Å²) >= 11 is 4.27. The van der Waals surface area contributed by atoms with E-state index < -0.39 is 11.7 Å². The summed E-state index contributed by atoms with van der Waals surface area (Å²) < 4.78 is 49.2. The second-order valence-electron chi connectivity index (χ2n) is 5.08. The van der Waals surface area contributed by atoms with Gasteiger partial charge in [0.1, 0.15) is 5.75 Å². The summed E-state index contributed by atoms with van der Waals surface area (Å²) in [7, 11) is 1.17. The van der Waals surface area contributed by atoms with Gasteiger partial charge in [-0.15, -0.1) is 11.3 Å². The van der Waals surface area contributed by atoms with E-state index in [0.29, 0.717) is 10.8 Å². The Morgan fingerprint density at radius 2 is 2.19 bits per heavy atom. The summed E-state index contributed by atoms with van der Waals surface area (Å²) in [5.41, 5.74) is 2.44. The van der Waals surface area contributed by atoms with E-state index in [1.54, 1.807) is 12.3 Å². The summed E-state index contributed by atoms with van der Waals surface area (Å²) in [6, 6.07) is 2.39. The van der Waals surface area contributed by atoms with Gasteiger partial charge in [-0.25, -0.2) is 4.98 Å². The highest BCUT2D eigenvalue weighted by Crippen LogP contribution is 2.40. The lowest BCUT2D eigenvalue weighted by Gasteiger charge is -2.14. The lowest BCUT2D eigenvalue weighted by atomic mass is 10.1. The maximum Gasteiger partial charge on any atom is 0.420 e. The van der Waals surface area contributed by atoms with E-state index in [4.69, 9.17) is 9.47 Å². The van der Waals surface area contributed by atoms with Crippen LogP contribution in [-0.4, -0.2) is 30.9 Å². The Labute approximate surface area is 165 Å². The quantitative estimate of drug-likeness (QED) is 0.370. The third kappa shape index (κ3) is 5.93. The second kappa shape index (κ2) is 9.18. The van der Waals surface area contributed by atoms with Gasteiger partial charge < -0.3 is 9.47 Å². The molecule has 0 atom stereocenters. The van der Waals surface area contributed by atoms with Crippen LogP contribution in [0.25, 0.3) is 0 Å². The van der Waals surface area contributed by atoms with E-state index in [0.717, 1.165) is 6.07 Å². The number of methoxy groups -OCH3 is 1. The van der Waals surface area contributed by atoms with E-state index in [2.05, 4.69) is 31.4 Å². The predicted octanol–water partition coefficient (Wildman–Crippen LogP) is 4.48. The molecule has 146 valence electrons. The van der Waals surface area contributed by atoms with Crippen LogP contribution in [0.2, 0.25) is 0 Å². The molecule has 1 N–H and O–H groups in total. The maximum atomic E-state index is 13.1. The molecule has 0 amide bonds. The minimum atomic E-state index is -4.57. The van der Waals surface area contributed by atoms with Crippen molar-refractivity contribution in [1.82, 2.24) is 4.98 Å². The van der Waals surface area contributed by atoms with E-state index in [1.165, 1.54) is 30.7 Å². The molecule has 0 aliphatic carbocycles. The molecule has 11 heteroatoms. The van der Waals surface area contributed by atoms with Gasteiger partial charge in [0.05, 0.1) is 42.1 Å². The number of carbonyl (C=O) groups is 1. The summed E-state index contributed by atoms with van der Waals surface area (Å²) in [5, 5.41) is 5.95. The van der Waals surface area contributed by atoms with Gasteiger partial charge in [-0.2, -0.15) is 18.3 Å². The average molecular weight is 466 g/mol.